The Bertz CT molecular complexity index is 708. The maximum absolute atomic E-state index is 11.2. The van der Waals surface area contributed by atoms with Crippen molar-refractivity contribution in [1.29, 1.82) is 0 Å². The van der Waals surface area contributed by atoms with Gasteiger partial charge in [-0.3, -0.25) is 0 Å². The van der Waals surface area contributed by atoms with Gasteiger partial charge in [0.25, 0.3) is 0 Å². The monoisotopic (exact) mass is 298 g/mol. The molecule has 0 radical (unpaired) electrons. The lowest BCUT2D eigenvalue weighted by molar-refractivity contribution is 0.0702. The fraction of sp³-hybridized carbons (Fsp3) is 0.0909. The van der Waals surface area contributed by atoms with Gasteiger partial charge < -0.3 is 5.11 Å². The highest BCUT2D eigenvalue weighted by Gasteiger charge is 2.20. The number of aromatic nitrogens is 1. The molecule has 8 heteroatoms. The van der Waals surface area contributed by atoms with Gasteiger partial charge in [0, 0.05) is 5.56 Å². The minimum Gasteiger partial charge on any atom is -0.477 e. The first-order chi connectivity index (χ1) is 8.87. The molecule has 0 unspecified atom stereocenters. The fourth-order valence-corrected chi connectivity index (χ4v) is 3.39. The van der Waals surface area contributed by atoms with Crippen molar-refractivity contribution in [1.82, 2.24) is 4.98 Å². The van der Waals surface area contributed by atoms with E-state index in [1.165, 1.54) is 0 Å². The van der Waals surface area contributed by atoms with Gasteiger partial charge in [0.1, 0.15) is 15.6 Å². The molecule has 2 aromatic rings. The molecule has 0 atom stereocenters. The van der Waals surface area contributed by atoms with Gasteiger partial charge >= 0.3 is 5.97 Å². The molecule has 0 spiro atoms. The maximum atomic E-state index is 11.2. The summed E-state index contributed by atoms with van der Waals surface area (Å²) in [5, 5.41) is 14.2. The zero-order valence-corrected chi connectivity index (χ0v) is 11.2. The van der Waals surface area contributed by atoms with Gasteiger partial charge in [-0.05, 0) is 0 Å². The van der Waals surface area contributed by atoms with E-state index in [-0.39, 0.29) is 15.6 Å². The fourth-order valence-electron chi connectivity index (χ4n) is 1.53. The van der Waals surface area contributed by atoms with Crippen LogP contribution in [0.25, 0.3) is 11.3 Å². The van der Waals surface area contributed by atoms with Crippen molar-refractivity contribution >= 4 is 27.3 Å². The van der Waals surface area contributed by atoms with Crippen molar-refractivity contribution in [3.05, 3.63) is 40.2 Å². The van der Waals surface area contributed by atoms with Crippen LogP contribution < -0.4 is 5.14 Å². The minimum absolute atomic E-state index is 0.00449. The van der Waals surface area contributed by atoms with Crippen molar-refractivity contribution in [2.75, 3.05) is 0 Å². The number of carbonyl (C=O) groups is 1. The molecule has 6 nitrogen and oxygen atoms in total. The molecule has 0 saturated heterocycles. The summed E-state index contributed by atoms with van der Waals surface area (Å²) in [6, 6.07) is 8.71. The normalized spacial score (nSPS) is 11.4. The third-order valence-electron chi connectivity index (χ3n) is 2.24. The van der Waals surface area contributed by atoms with E-state index in [0.717, 1.165) is 11.3 Å². The van der Waals surface area contributed by atoms with E-state index in [2.05, 4.69) is 4.98 Å². The molecular formula is C11H10N2O4S2. The van der Waals surface area contributed by atoms with E-state index in [1.807, 2.05) is 0 Å². The summed E-state index contributed by atoms with van der Waals surface area (Å²) in [5.41, 5.74) is 0.883. The summed E-state index contributed by atoms with van der Waals surface area (Å²) in [6.45, 7) is 0. The Morgan fingerprint density at radius 1 is 1.32 bits per heavy atom. The summed E-state index contributed by atoms with van der Waals surface area (Å²) in [4.78, 5) is 15.2. The van der Waals surface area contributed by atoms with E-state index < -0.39 is 21.7 Å². The lowest BCUT2D eigenvalue weighted by Crippen LogP contribution is -2.14. The first kappa shape index (κ1) is 13.7. The van der Waals surface area contributed by atoms with Crippen LogP contribution in [0.3, 0.4) is 0 Å². The predicted octanol–water partition coefficient (Wildman–Crippen LogP) is 1.30. The Morgan fingerprint density at radius 2 is 1.95 bits per heavy atom. The van der Waals surface area contributed by atoms with Gasteiger partial charge in [-0.25, -0.2) is 23.3 Å². The third-order valence-corrected chi connectivity index (χ3v) is 4.14. The average Bonchev–Trinajstić information content (AvgIpc) is 2.72. The van der Waals surface area contributed by atoms with Crippen molar-refractivity contribution < 1.29 is 18.3 Å². The summed E-state index contributed by atoms with van der Waals surface area (Å²) >= 11 is 0.819. The predicted molar refractivity (Wildman–Crippen MR) is 71.3 cm³/mol. The molecule has 0 aliphatic rings. The molecule has 1 aromatic carbocycles. The number of rotatable bonds is 4. The van der Waals surface area contributed by atoms with Gasteiger partial charge in [-0.2, -0.15) is 0 Å². The number of nitrogens with zero attached hydrogens (tertiary/aromatic N) is 1. The van der Waals surface area contributed by atoms with Gasteiger partial charge in [0.05, 0.1) is 5.69 Å². The second kappa shape index (κ2) is 5.08. The Labute approximate surface area is 113 Å². The van der Waals surface area contributed by atoms with Gasteiger partial charge in [-0.1, -0.05) is 30.3 Å². The Balaban J connectivity index is 2.51. The quantitative estimate of drug-likeness (QED) is 0.883. The standard InChI is InChI=1S/C11H10N2O4S2/c12-19(16,17)6-8-13-9(10(18-8)11(14)15)7-4-2-1-3-5-7/h1-5H,6H2,(H,14,15)(H2,12,16,17). The van der Waals surface area contributed by atoms with Gasteiger partial charge in [0.15, 0.2) is 0 Å². The van der Waals surface area contributed by atoms with Crippen LogP contribution in [-0.2, 0) is 15.8 Å². The first-order valence-electron chi connectivity index (χ1n) is 5.16. The molecule has 3 N–H and O–H groups in total. The number of sulfonamides is 1. The van der Waals surface area contributed by atoms with Crippen molar-refractivity contribution in [2.45, 2.75) is 5.75 Å². The number of hydrogen-bond donors (Lipinski definition) is 2. The molecule has 2 rings (SSSR count). The molecule has 0 amide bonds. The smallest absolute Gasteiger partial charge is 0.348 e. The molecule has 19 heavy (non-hydrogen) atoms. The highest BCUT2D eigenvalue weighted by Crippen LogP contribution is 2.28. The Hall–Kier alpha value is -1.77. The number of carboxylic acids is 1. The molecule has 0 fully saturated rings. The van der Waals surface area contributed by atoms with Crippen LogP contribution in [0.5, 0.6) is 0 Å². The van der Waals surface area contributed by atoms with E-state index in [1.54, 1.807) is 30.3 Å². The highest BCUT2D eigenvalue weighted by molar-refractivity contribution is 7.88. The molecule has 1 heterocycles. The molecule has 0 saturated carbocycles. The van der Waals surface area contributed by atoms with Gasteiger partial charge in [0.2, 0.25) is 10.0 Å². The summed E-state index contributed by atoms with van der Waals surface area (Å²) in [5.74, 6) is -1.61. The van der Waals surface area contributed by atoms with Crippen LogP contribution in [0.2, 0.25) is 0 Å². The van der Waals surface area contributed by atoms with E-state index in [4.69, 9.17) is 10.2 Å². The molecule has 0 bridgehead atoms. The second-order valence-electron chi connectivity index (χ2n) is 3.76. The largest absolute Gasteiger partial charge is 0.477 e. The van der Waals surface area contributed by atoms with Gasteiger partial charge in [-0.15, -0.1) is 11.3 Å². The van der Waals surface area contributed by atoms with Crippen LogP contribution >= 0.6 is 11.3 Å². The number of nitrogens with two attached hydrogens (primary N) is 1. The summed E-state index contributed by atoms with van der Waals surface area (Å²) < 4.78 is 22.0. The average molecular weight is 298 g/mol. The molecule has 0 aliphatic heterocycles. The van der Waals surface area contributed by atoms with Crippen LogP contribution in [0.4, 0.5) is 0 Å². The Kier molecular flexibility index (Phi) is 3.65. The topological polar surface area (TPSA) is 110 Å². The number of primary sulfonamides is 1. The Morgan fingerprint density at radius 3 is 2.47 bits per heavy atom. The lowest BCUT2D eigenvalue weighted by Gasteiger charge is -1.97. The minimum atomic E-state index is -3.73. The number of benzene rings is 1. The number of hydrogen-bond acceptors (Lipinski definition) is 5. The first-order valence-corrected chi connectivity index (χ1v) is 7.69. The van der Waals surface area contributed by atoms with E-state index >= 15 is 0 Å². The number of thiazole rings is 1. The van der Waals surface area contributed by atoms with Crippen molar-refractivity contribution in [3.63, 3.8) is 0 Å². The van der Waals surface area contributed by atoms with Crippen LogP contribution in [-0.4, -0.2) is 24.5 Å². The van der Waals surface area contributed by atoms with Crippen LogP contribution in [0.15, 0.2) is 30.3 Å². The summed E-state index contributed by atoms with van der Waals surface area (Å²) in [6.07, 6.45) is 0. The van der Waals surface area contributed by atoms with Crippen LogP contribution in [0.1, 0.15) is 14.7 Å². The second-order valence-corrected chi connectivity index (χ2v) is 6.46. The highest BCUT2D eigenvalue weighted by atomic mass is 32.2. The number of aromatic carboxylic acids is 1. The van der Waals surface area contributed by atoms with Crippen LogP contribution in [0, 0.1) is 0 Å². The summed E-state index contributed by atoms with van der Waals surface area (Å²) in [7, 11) is -3.73. The maximum Gasteiger partial charge on any atom is 0.348 e. The van der Waals surface area contributed by atoms with Crippen molar-refractivity contribution in [2.24, 2.45) is 5.14 Å². The zero-order chi connectivity index (χ0) is 14.0. The van der Waals surface area contributed by atoms with E-state index in [9.17, 15) is 13.2 Å². The number of carboxylic acid groups (broad SMARTS) is 1. The molecular weight excluding hydrogens is 288 g/mol. The molecule has 0 aliphatic carbocycles. The van der Waals surface area contributed by atoms with Crippen molar-refractivity contribution in [3.8, 4) is 11.3 Å². The molecule has 1 aromatic heterocycles. The molecule has 100 valence electrons. The SMILES string of the molecule is NS(=O)(=O)Cc1nc(-c2ccccc2)c(C(=O)O)s1. The third kappa shape index (κ3) is 3.37. The zero-order valence-electron chi connectivity index (χ0n) is 9.61. The van der Waals surface area contributed by atoms with E-state index in [0.29, 0.717) is 5.56 Å². The lowest BCUT2D eigenvalue weighted by atomic mass is 10.1.